The van der Waals surface area contributed by atoms with Crippen molar-refractivity contribution in [3.63, 3.8) is 0 Å². The molecule has 4 aromatic rings. The SMILES string of the molecule is Nc1nc2ncn([C@@H]3O[C@@H]4COP(=O)(S)OCC[n+]5c([nH]c6cncnc65)COP(O)(=S)O[C@@H]3[C@@H]4F)c2c(=O)[nH]1. The summed E-state index contributed by atoms with van der Waals surface area (Å²) in [5, 5.41) is 0. The molecule has 1 saturated heterocycles. The average molecular weight is 637 g/mol. The van der Waals surface area contributed by atoms with Gasteiger partial charge in [0.25, 0.3) is 5.56 Å². The predicted octanol–water partition coefficient (Wildman–Crippen LogP) is 0.400. The summed E-state index contributed by atoms with van der Waals surface area (Å²) in [6, 6.07) is 0. The number of aromatic nitrogens is 8. The second-order valence-electron chi connectivity index (χ2n) is 8.68. The van der Waals surface area contributed by atoms with E-state index in [1.807, 2.05) is 0 Å². The summed E-state index contributed by atoms with van der Waals surface area (Å²) >= 11 is 9.19. The van der Waals surface area contributed by atoms with Gasteiger partial charge in [-0.3, -0.25) is 37.4 Å². The Morgan fingerprint density at radius 2 is 2.12 bits per heavy atom. The highest BCUT2D eigenvalue weighted by Gasteiger charge is 2.50. The van der Waals surface area contributed by atoms with E-state index in [4.69, 9.17) is 40.4 Å². The van der Waals surface area contributed by atoms with E-state index in [0.717, 1.165) is 4.57 Å². The number of anilines is 1. The number of nitrogens with two attached hydrogens (primary N) is 1. The molecule has 40 heavy (non-hydrogen) atoms. The number of hydrogen-bond donors (Lipinski definition) is 5. The van der Waals surface area contributed by atoms with Crippen LogP contribution in [0.25, 0.3) is 22.3 Å². The van der Waals surface area contributed by atoms with Crippen LogP contribution in [0.2, 0.25) is 0 Å². The maximum absolute atomic E-state index is 15.8. The van der Waals surface area contributed by atoms with Crippen molar-refractivity contribution >= 4 is 65.8 Å². The number of rotatable bonds is 1. The van der Waals surface area contributed by atoms with Gasteiger partial charge in [-0.1, -0.05) is 17.2 Å². The van der Waals surface area contributed by atoms with Gasteiger partial charge in [-0.15, -0.1) is 0 Å². The van der Waals surface area contributed by atoms with Gasteiger partial charge in [0.15, 0.2) is 35.4 Å². The minimum absolute atomic E-state index is 0.0414. The minimum Gasteiger partial charge on any atom is -0.369 e. The maximum atomic E-state index is 15.8. The van der Waals surface area contributed by atoms with Gasteiger partial charge in [-0.25, -0.2) is 23.5 Å². The molecule has 1 fully saturated rings. The number of ether oxygens (including phenoxy) is 1. The Labute approximate surface area is 233 Å². The van der Waals surface area contributed by atoms with Crippen molar-refractivity contribution in [2.45, 2.75) is 37.8 Å². The highest BCUT2D eigenvalue weighted by molar-refractivity contribution is 8.44. The molecule has 214 valence electrons. The molecule has 0 radical (unpaired) electrons. The first-order valence-electron chi connectivity index (χ1n) is 11.5. The summed E-state index contributed by atoms with van der Waals surface area (Å²) in [7, 11) is 0. The fourth-order valence-electron chi connectivity index (χ4n) is 4.44. The molecule has 22 heteroatoms. The van der Waals surface area contributed by atoms with Crippen molar-refractivity contribution in [1.82, 2.24) is 34.5 Å². The summed E-state index contributed by atoms with van der Waals surface area (Å²) in [5.74, 6) is 0.198. The van der Waals surface area contributed by atoms with E-state index in [0.29, 0.717) is 17.0 Å². The smallest absolute Gasteiger partial charge is 0.369 e. The molecule has 4 aromatic heterocycles. The van der Waals surface area contributed by atoms with E-state index in [-0.39, 0.29) is 36.9 Å². The van der Waals surface area contributed by atoms with Crippen molar-refractivity contribution in [3.05, 3.63) is 35.0 Å². The first-order valence-corrected chi connectivity index (χ1v) is 16.8. The number of thiol groups is 1. The Morgan fingerprint density at radius 3 is 2.95 bits per heavy atom. The molecule has 0 aromatic carbocycles. The summed E-state index contributed by atoms with van der Waals surface area (Å²) in [4.78, 5) is 45.2. The Bertz CT molecular complexity index is 1750. The molecule has 0 spiro atoms. The third-order valence-electron chi connectivity index (χ3n) is 6.14. The lowest BCUT2D eigenvalue weighted by molar-refractivity contribution is -0.682. The molecule has 0 aliphatic carbocycles. The van der Waals surface area contributed by atoms with Crippen LogP contribution in [-0.4, -0.2) is 71.0 Å². The number of halogens is 1. The molecule has 2 unspecified atom stereocenters. The van der Waals surface area contributed by atoms with Crippen molar-refractivity contribution in [1.29, 1.82) is 0 Å². The zero-order valence-electron chi connectivity index (χ0n) is 20.1. The van der Waals surface area contributed by atoms with Crippen LogP contribution >= 0.6 is 25.8 Å². The van der Waals surface area contributed by atoms with Gasteiger partial charge in [-0.2, -0.15) is 4.98 Å². The lowest BCUT2D eigenvalue weighted by Crippen LogP contribution is -2.40. The summed E-state index contributed by atoms with van der Waals surface area (Å²) in [5.41, 5.74) is 5.76. The van der Waals surface area contributed by atoms with E-state index in [9.17, 15) is 14.3 Å². The number of imidazole rings is 2. The summed E-state index contributed by atoms with van der Waals surface area (Å²) in [6.07, 6.45) is -2.41. The third-order valence-corrected chi connectivity index (χ3v) is 9.35. The molecule has 6 atom stereocenters. The molecule has 0 amide bonds. The van der Waals surface area contributed by atoms with Crippen LogP contribution in [0, 0.1) is 0 Å². The van der Waals surface area contributed by atoms with Crippen molar-refractivity contribution in [2.75, 3.05) is 18.9 Å². The topological polar surface area (TPSA) is 218 Å². The fraction of sp³-hybridized carbons (Fsp3) is 0.444. The molecule has 2 bridgehead atoms. The molecule has 6 heterocycles. The average Bonchev–Trinajstić information content (AvgIpc) is 3.55. The summed E-state index contributed by atoms with van der Waals surface area (Å²) in [6.45, 7) is -9.06. The van der Waals surface area contributed by atoms with Crippen LogP contribution in [0.1, 0.15) is 12.1 Å². The molecular weight excluding hydrogens is 615 g/mol. The number of nitrogens with zero attached hydrogens (tertiary/aromatic N) is 6. The number of alkyl halides is 1. The number of H-pyrrole nitrogens is 2. The Balaban J connectivity index is 1.38. The van der Waals surface area contributed by atoms with Crippen LogP contribution in [0.15, 0.2) is 23.6 Å². The second kappa shape index (κ2) is 10.5. The van der Waals surface area contributed by atoms with Gasteiger partial charge in [0, 0.05) is 0 Å². The monoisotopic (exact) mass is 636 g/mol. The number of nitrogen functional groups attached to an aromatic ring is 1. The standard InChI is InChI=1S/C18H20FN9O8P2S2/c19-11-9-4-33-37(30,39)32-2-1-27-10(24-8-3-21-6-22-15(8)27)5-34-38(31,40)36-13(11)17(35-9)28-7-23-14-12(28)16(29)26-18(20)25-14/h3,6-7,9,11,13,17H,1-2,4-5H2,(H5,20,25,26,29,30,31,39,40)/p+1/t9-,11-,13-,17-,37?,38?/m1/s1. The summed E-state index contributed by atoms with van der Waals surface area (Å²) < 4.78 is 59.2. The van der Waals surface area contributed by atoms with E-state index in [2.05, 4.69) is 42.2 Å². The maximum Gasteiger partial charge on any atom is 0.386 e. The van der Waals surface area contributed by atoms with E-state index in [1.54, 1.807) is 4.57 Å². The molecular formula is C18H21FN9O8P2S2+. The van der Waals surface area contributed by atoms with Gasteiger partial charge in [0.2, 0.25) is 11.8 Å². The second-order valence-corrected chi connectivity index (χ2v) is 14.4. The first-order chi connectivity index (χ1) is 19.0. The van der Waals surface area contributed by atoms with E-state index in [1.165, 1.54) is 18.9 Å². The van der Waals surface area contributed by atoms with Crippen molar-refractivity contribution in [2.24, 2.45) is 0 Å². The molecule has 2 aliphatic heterocycles. The molecule has 5 N–H and O–H groups in total. The van der Waals surface area contributed by atoms with Crippen LogP contribution in [-0.2, 0) is 52.4 Å². The quantitative estimate of drug-likeness (QED) is 0.109. The lowest BCUT2D eigenvalue weighted by Gasteiger charge is -2.25. The van der Waals surface area contributed by atoms with Crippen LogP contribution in [0.3, 0.4) is 0 Å². The largest absolute Gasteiger partial charge is 0.386 e. The van der Waals surface area contributed by atoms with Crippen LogP contribution in [0.5, 0.6) is 0 Å². The molecule has 6 rings (SSSR count). The van der Waals surface area contributed by atoms with Gasteiger partial charge in [0.05, 0.1) is 26.0 Å². The van der Waals surface area contributed by atoms with Crippen LogP contribution < -0.4 is 15.9 Å². The fourth-order valence-corrected chi connectivity index (χ4v) is 6.94. The third kappa shape index (κ3) is 5.32. The first kappa shape index (κ1) is 27.8. The highest BCUT2D eigenvalue weighted by Crippen LogP contribution is 2.55. The molecule has 2 aliphatic rings. The Kier molecular flexibility index (Phi) is 7.27. The van der Waals surface area contributed by atoms with Gasteiger partial charge < -0.3 is 15.4 Å². The Morgan fingerprint density at radius 1 is 1.30 bits per heavy atom. The number of fused-ring (bicyclic) bond motifs is 6. The lowest BCUT2D eigenvalue weighted by atomic mass is 10.1. The van der Waals surface area contributed by atoms with Crippen LogP contribution in [0.4, 0.5) is 10.3 Å². The normalized spacial score (nSPS) is 32.1. The Hall–Kier alpha value is -2.38. The number of nitrogens with one attached hydrogen (secondary N) is 2. The highest BCUT2D eigenvalue weighted by atomic mass is 32.7. The molecule has 0 saturated carbocycles. The predicted molar refractivity (Wildman–Crippen MR) is 140 cm³/mol. The number of hydrogen-bond acceptors (Lipinski definition) is 13. The van der Waals surface area contributed by atoms with Gasteiger partial charge >= 0.3 is 19.2 Å². The van der Waals surface area contributed by atoms with Crippen molar-refractivity contribution in [3.8, 4) is 0 Å². The number of aromatic amines is 2. The molecule has 17 nitrogen and oxygen atoms in total. The minimum atomic E-state index is -4.15. The zero-order valence-corrected chi connectivity index (χ0v) is 23.6. The van der Waals surface area contributed by atoms with Gasteiger partial charge in [-0.05, 0) is 11.8 Å². The van der Waals surface area contributed by atoms with Crippen molar-refractivity contribution < 1.29 is 41.2 Å². The van der Waals surface area contributed by atoms with E-state index < -0.39 is 50.3 Å². The zero-order chi connectivity index (χ0) is 28.2. The van der Waals surface area contributed by atoms with Gasteiger partial charge in [0.1, 0.15) is 25.1 Å². The van der Waals surface area contributed by atoms with E-state index >= 15 is 4.39 Å².